The number of carbonyl (C=O) groups is 1. The highest BCUT2D eigenvalue weighted by molar-refractivity contribution is 8.01. The summed E-state index contributed by atoms with van der Waals surface area (Å²) in [4.78, 5) is 12.1. The lowest BCUT2D eigenvalue weighted by Crippen LogP contribution is -2.28. The zero-order valence-corrected chi connectivity index (χ0v) is 16.0. The number of unbranched alkanes of at least 4 members (excludes halogenated alkanes) is 1. The van der Waals surface area contributed by atoms with Crippen molar-refractivity contribution in [2.24, 2.45) is 0 Å². The Morgan fingerprint density at radius 1 is 1.33 bits per heavy atom. The molecule has 5 nitrogen and oxygen atoms in total. The zero-order valence-electron chi connectivity index (χ0n) is 14.3. The van der Waals surface area contributed by atoms with Crippen LogP contribution >= 0.6 is 23.1 Å². The summed E-state index contributed by atoms with van der Waals surface area (Å²) < 4.78 is 0.813. The number of hydrogen-bond acceptors (Lipinski definition) is 6. The highest BCUT2D eigenvalue weighted by atomic mass is 32.2. The molecular weight excluding hydrogens is 340 g/mol. The summed E-state index contributed by atoms with van der Waals surface area (Å²) in [6.45, 7) is 7.12. The summed E-state index contributed by atoms with van der Waals surface area (Å²) in [6, 6.07) is 8.10. The van der Waals surface area contributed by atoms with Gasteiger partial charge in [0.25, 0.3) is 0 Å². The summed E-state index contributed by atoms with van der Waals surface area (Å²) in [6.07, 6.45) is 2.26. The molecule has 0 aliphatic rings. The first kappa shape index (κ1) is 18.7. The van der Waals surface area contributed by atoms with E-state index >= 15 is 0 Å². The van der Waals surface area contributed by atoms with Crippen LogP contribution in [0, 0.1) is 6.92 Å². The van der Waals surface area contributed by atoms with Crippen molar-refractivity contribution in [1.29, 1.82) is 0 Å². The van der Waals surface area contributed by atoms with Gasteiger partial charge in [0.05, 0.1) is 11.8 Å². The first-order valence-electron chi connectivity index (χ1n) is 8.15. The first-order valence-corrected chi connectivity index (χ1v) is 9.95. The van der Waals surface area contributed by atoms with Crippen molar-refractivity contribution >= 4 is 34.1 Å². The third kappa shape index (κ3) is 5.79. The van der Waals surface area contributed by atoms with Crippen molar-refractivity contribution in [2.45, 2.75) is 44.0 Å². The monoisotopic (exact) mass is 364 g/mol. The van der Waals surface area contributed by atoms with Gasteiger partial charge in [0.1, 0.15) is 0 Å². The molecule has 2 rings (SSSR count). The number of rotatable bonds is 9. The summed E-state index contributed by atoms with van der Waals surface area (Å²) in [5.74, 6) is 0.353. The molecule has 1 atom stereocenters. The summed E-state index contributed by atoms with van der Waals surface area (Å²) in [5.41, 5.74) is 2.33. The van der Waals surface area contributed by atoms with Crippen molar-refractivity contribution in [3.05, 3.63) is 35.4 Å². The fourth-order valence-corrected chi connectivity index (χ4v) is 3.86. The highest BCUT2D eigenvalue weighted by Gasteiger charge is 2.13. The predicted octanol–water partition coefficient (Wildman–Crippen LogP) is 4.03. The lowest BCUT2D eigenvalue weighted by molar-refractivity contribution is -0.119. The fourth-order valence-electron chi connectivity index (χ4n) is 2.27. The molecular formula is C17H24N4OS2. The number of thioether (sulfide) groups is 1. The van der Waals surface area contributed by atoms with E-state index in [1.54, 1.807) is 0 Å². The van der Waals surface area contributed by atoms with Crippen molar-refractivity contribution < 1.29 is 4.79 Å². The van der Waals surface area contributed by atoms with E-state index in [2.05, 4.69) is 40.7 Å². The average molecular weight is 365 g/mol. The largest absolute Gasteiger partial charge is 0.360 e. The Hall–Kier alpha value is -1.60. The van der Waals surface area contributed by atoms with Crippen LogP contribution in [0.2, 0.25) is 0 Å². The Bertz CT molecular complexity index is 660. The molecule has 1 aromatic carbocycles. The maximum absolute atomic E-state index is 12.1. The number of aromatic nitrogens is 2. The van der Waals surface area contributed by atoms with Gasteiger partial charge in [0.2, 0.25) is 11.0 Å². The minimum atomic E-state index is -0.00000798. The number of benzene rings is 1. The predicted molar refractivity (Wildman–Crippen MR) is 102 cm³/mol. The molecule has 1 amide bonds. The van der Waals surface area contributed by atoms with Gasteiger partial charge in [-0.25, -0.2) is 0 Å². The van der Waals surface area contributed by atoms with Crippen LogP contribution in [-0.4, -0.2) is 28.4 Å². The van der Waals surface area contributed by atoms with Crippen LogP contribution in [0.15, 0.2) is 28.6 Å². The molecule has 130 valence electrons. The first-order chi connectivity index (χ1) is 11.6. The van der Waals surface area contributed by atoms with E-state index in [-0.39, 0.29) is 11.9 Å². The SMILES string of the molecule is CCCCNc1nnc(SCC(=O)NC(C)c2ccccc2C)s1. The molecule has 0 bridgehead atoms. The van der Waals surface area contributed by atoms with Crippen LogP contribution in [0.5, 0.6) is 0 Å². The normalized spacial score (nSPS) is 12.0. The molecule has 0 saturated carbocycles. The second kappa shape index (κ2) is 9.64. The second-order valence-corrected chi connectivity index (χ2v) is 7.79. The van der Waals surface area contributed by atoms with E-state index in [1.807, 2.05) is 25.1 Å². The lowest BCUT2D eigenvalue weighted by atomic mass is 10.0. The molecule has 0 radical (unpaired) electrons. The number of nitrogens with zero attached hydrogens (tertiary/aromatic N) is 2. The van der Waals surface area contributed by atoms with Gasteiger partial charge in [-0.3, -0.25) is 4.79 Å². The number of aryl methyl sites for hydroxylation is 1. The topological polar surface area (TPSA) is 66.9 Å². The van der Waals surface area contributed by atoms with Crippen molar-refractivity contribution in [2.75, 3.05) is 17.6 Å². The second-order valence-electron chi connectivity index (χ2n) is 5.59. The van der Waals surface area contributed by atoms with Crippen molar-refractivity contribution in [3.8, 4) is 0 Å². The molecule has 0 aliphatic heterocycles. The highest BCUT2D eigenvalue weighted by Crippen LogP contribution is 2.25. The van der Waals surface area contributed by atoms with Crippen LogP contribution in [0.3, 0.4) is 0 Å². The summed E-state index contributed by atoms with van der Waals surface area (Å²) in [5, 5.41) is 15.3. The third-order valence-corrected chi connectivity index (χ3v) is 5.59. The number of anilines is 1. The van der Waals surface area contributed by atoms with E-state index < -0.39 is 0 Å². The van der Waals surface area contributed by atoms with Gasteiger partial charge in [0.15, 0.2) is 4.34 Å². The third-order valence-electron chi connectivity index (χ3n) is 3.57. The van der Waals surface area contributed by atoms with Gasteiger partial charge >= 0.3 is 0 Å². The van der Waals surface area contributed by atoms with Crippen LogP contribution < -0.4 is 10.6 Å². The van der Waals surface area contributed by atoms with Gasteiger partial charge in [-0.15, -0.1) is 10.2 Å². The average Bonchev–Trinajstić information content (AvgIpc) is 3.01. The number of nitrogens with one attached hydrogen (secondary N) is 2. The van der Waals surface area contributed by atoms with Gasteiger partial charge in [-0.2, -0.15) is 0 Å². The van der Waals surface area contributed by atoms with Gasteiger partial charge < -0.3 is 10.6 Å². The van der Waals surface area contributed by atoms with Crippen LogP contribution in [0.4, 0.5) is 5.13 Å². The fraction of sp³-hybridized carbons (Fsp3) is 0.471. The molecule has 0 fully saturated rings. The Balaban J connectivity index is 1.78. The van der Waals surface area contributed by atoms with E-state index in [0.29, 0.717) is 5.75 Å². The van der Waals surface area contributed by atoms with E-state index in [9.17, 15) is 4.79 Å². The summed E-state index contributed by atoms with van der Waals surface area (Å²) in [7, 11) is 0. The molecule has 7 heteroatoms. The molecule has 1 heterocycles. The van der Waals surface area contributed by atoms with Gasteiger partial charge in [-0.05, 0) is 31.4 Å². The molecule has 1 aromatic heterocycles. The van der Waals surface area contributed by atoms with Gasteiger partial charge in [0, 0.05) is 6.54 Å². The Morgan fingerprint density at radius 2 is 2.12 bits per heavy atom. The number of hydrogen-bond donors (Lipinski definition) is 2. The molecule has 0 aliphatic carbocycles. The maximum atomic E-state index is 12.1. The molecule has 0 spiro atoms. The smallest absolute Gasteiger partial charge is 0.230 e. The van der Waals surface area contributed by atoms with Crippen molar-refractivity contribution in [1.82, 2.24) is 15.5 Å². The van der Waals surface area contributed by atoms with E-state index in [0.717, 1.165) is 34.4 Å². The minimum Gasteiger partial charge on any atom is -0.360 e. The van der Waals surface area contributed by atoms with Crippen LogP contribution in [0.25, 0.3) is 0 Å². The van der Waals surface area contributed by atoms with Crippen molar-refractivity contribution in [3.63, 3.8) is 0 Å². The Morgan fingerprint density at radius 3 is 2.88 bits per heavy atom. The molecule has 2 N–H and O–H groups in total. The minimum absolute atomic E-state index is 0.00000798. The number of amides is 1. The molecule has 1 unspecified atom stereocenters. The van der Waals surface area contributed by atoms with Gasteiger partial charge in [-0.1, -0.05) is 60.7 Å². The van der Waals surface area contributed by atoms with E-state index in [4.69, 9.17) is 0 Å². The molecule has 0 saturated heterocycles. The number of carbonyl (C=O) groups excluding carboxylic acids is 1. The molecule has 24 heavy (non-hydrogen) atoms. The molecule has 2 aromatic rings. The Labute approximate surface area is 151 Å². The van der Waals surface area contributed by atoms with Crippen LogP contribution in [0.1, 0.15) is 43.9 Å². The quantitative estimate of drug-likeness (QED) is 0.519. The van der Waals surface area contributed by atoms with Crippen LogP contribution in [-0.2, 0) is 4.79 Å². The standard InChI is InChI=1S/C17H24N4OS2/c1-4-5-10-18-16-20-21-17(24-16)23-11-15(22)19-13(3)14-9-7-6-8-12(14)2/h6-9,13H,4-5,10-11H2,1-3H3,(H,18,20)(H,19,22). The summed E-state index contributed by atoms with van der Waals surface area (Å²) >= 11 is 2.92. The Kier molecular flexibility index (Phi) is 7.52. The lowest BCUT2D eigenvalue weighted by Gasteiger charge is -2.16. The zero-order chi connectivity index (χ0) is 17.4. The van der Waals surface area contributed by atoms with E-state index in [1.165, 1.54) is 28.7 Å². The maximum Gasteiger partial charge on any atom is 0.230 e.